The zero-order valence-electron chi connectivity index (χ0n) is 11.0. The molecule has 0 atom stereocenters. The number of anilines is 1. The predicted molar refractivity (Wildman–Crippen MR) is 70.5 cm³/mol. The van der Waals surface area contributed by atoms with Crippen LogP contribution in [0.25, 0.3) is 0 Å². The third-order valence-corrected chi connectivity index (χ3v) is 2.53. The molecule has 0 aliphatic rings. The number of nitrogens with one attached hydrogen (secondary N) is 2. The summed E-state index contributed by atoms with van der Waals surface area (Å²) in [5, 5.41) is 13.5. The summed E-state index contributed by atoms with van der Waals surface area (Å²) in [6.07, 6.45) is 1.50. The number of urea groups is 1. The minimum Gasteiger partial charge on any atom is -0.478 e. The van der Waals surface area contributed by atoms with Gasteiger partial charge in [0.05, 0.1) is 24.0 Å². The lowest BCUT2D eigenvalue weighted by molar-refractivity contribution is 0.0697. The van der Waals surface area contributed by atoms with E-state index >= 15 is 0 Å². The molecule has 1 aromatic heterocycles. The molecule has 0 spiro atoms. The second kappa shape index (κ2) is 6.04. The fraction of sp³-hybridized carbons (Fsp3) is 0.154. The number of hydrogen-bond donors (Lipinski definition) is 3. The molecule has 0 aliphatic carbocycles. The van der Waals surface area contributed by atoms with Crippen LogP contribution in [0.4, 0.5) is 14.9 Å². The molecule has 8 heteroatoms. The molecule has 2 aromatic rings. The first-order valence-electron chi connectivity index (χ1n) is 5.94. The number of aromatic nitrogens is 1. The molecule has 2 rings (SSSR count). The second-order valence-corrected chi connectivity index (χ2v) is 4.17. The van der Waals surface area contributed by atoms with Crippen molar-refractivity contribution >= 4 is 17.7 Å². The highest BCUT2D eigenvalue weighted by Crippen LogP contribution is 2.16. The standard InChI is InChI=1S/C13H12FN3O4/c1-7-5-15-11(21-7)6-16-13(20)17-10-4-8(12(18)19)2-3-9(10)14/h2-5H,6H2,1H3,(H,18,19)(H2,16,17,20). The van der Waals surface area contributed by atoms with Crippen molar-refractivity contribution in [2.45, 2.75) is 13.5 Å². The molecule has 0 unspecified atom stereocenters. The fourth-order valence-corrected chi connectivity index (χ4v) is 1.56. The highest BCUT2D eigenvalue weighted by Gasteiger charge is 2.11. The van der Waals surface area contributed by atoms with Gasteiger partial charge in [0.15, 0.2) is 0 Å². The predicted octanol–water partition coefficient (Wildman–Crippen LogP) is 2.14. The summed E-state index contributed by atoms with van der Waals surface area (Å²) in [7, 11) is 0. The van der Waals surface area contributed by atoms with E-state index in [1.54, 1.807) is 6.92 Å². The Bertz CT molecular complexity index is 684. The SMILES string of the molecule is Cc1cnc(CNC(=O)Nc2cc(C(=O)O)ccc2F)o1. The monoisotopic (exact) mass is 293 g/mol. The van der Waals surface area contributed by atoms with Gasteiger partial charge >= 0.3 is 12.0 Å². The Morgan fingerprint density at radius 2 is 2.19 bits per heavy atom. The summed E-state index contributed by atoms with van der Waals surface area (Å²) in [5.41, 5.74) is -0.356. The van der Waals surface area contributed by atoms with Crippen LogP contribution in [0, 0.1) is 12.7 Å². The van der Waals surface area contributed by atoms with Crippen molar-refractivity contribution in [3.05, 3.63) is 47.4 Å². The first-order chi connectivity index (χ1) is 9.95. The van der Waals surface area contributed by atoms with Crippen LogP contribution in [0.3, 0.4) is 0 Å². The number of oxazole rings is 1. The Balaban J connectivity index is 1.99. The van der Waals surface area contributed by atoms with Crippen LogP contribution in [-0.4, -0.2) is 22.1 Å². The van der Waals surface area contributed by atoms with Gasteiger partial charge in [-0.2, -0.15) is 0 Å². The molecule has 110 valence electrons. The van der Waals surface area contributed by atoms with Gasteiger partial charge in [-0.15, -0.1) is 0 Å². The second-order valence-electron chi connectivity index (χ2n) is 4.17. The number of hydrogen-bond acceptors (Lipinski definition) is 4. The molecule has 2 amide bonds. The van der Waals surface area contributed by atoms with E-state index in [1.807, 2.05) is 0 Å². The summed E-state index contributed by atoms with van der Waals surface area (Å²) in [4.78, 5) is 26.3. The first-order valence-corrected chi connectivity index (χ1v) is 5.94. The number of nitrogens with zero attached hydrogens (tertiary/aromatic N) is 1. The molecule has 3 N–H and O–H groups in total. The first kappa shape index (κ1) is 14.5. The third-order valence-electron chi connectivity index (χ3n) is 2.53. The molecule has 0 fully saturated rings. The number of aryl methyl sites for hydroxylation is 1. The van der Waals surface area contributed by atoms with Crippen molar-refractivity contribution in [2.24, 2.45) is 0 Å². The van der Waals surface area contributed by atoms with Crippen LogP contribution in [-0.2, 0) is 6.54 Å². The summed E-state index contributed by atoms with van der Waals surface area (Å²) in [6, 6.07) is 2.41. The van der Waals surface area contributed by atoms with Crippen molar-refractivity contribution in [2.75, 3.05) is 5.32 Å². The van der Waals surface area contributed by atoms with Crippen molar-refractivity contribution in [3.8, 4) is 0 Å². The van der Waals surface area contributed by atoms with Crippen molar-refractivity contribution < 1.29 is 23.5 Å². The molecule has 1 aromatic carbocycles. The Hall–Kier alpha value is -2.90. The number of carboxylic acid groups (broad SMARTS) is 1. The van der Waals surface area contributed by atoms with Crippen LogP contribution in [0.1, 0.15) is 22.0 Å². The number of benzene rings is 1. The summed E-state index contributed by atoms with van der Waals surface area (Å²) in [6.45, 7) is 1.74. The maximum absolute atomic E-state index is 13.5. The van der Waals surface area contributed by atoms with Gasteiger partial charge in [-0.25, -0.2) is 19.0 Å². The number of carboxylic acids is 1. The fourth-order valence-electron chi connectivity index (χ4n) is 1.56. The largest absolute Gasteiger partial charge is 0.478 e. The maximum atomic E-state index is 13.5. The third kappa shape index (κ3) is 3.78. The van der Waals surface area contributed by atoms with E-state index < -0.39 is 17.8 Å². The maximum Gasteiger partial charge on any atom is 0.335 e. The Morgan fingerprint density at radius 3 is 2.81 bits per heavy atom. The minimum absolute atomic E-state index is 0.0277. The van der Waals surface area contributed by atoms with Gasteiger partial charge in [0.1, 0.15) is 11.6 Å². The molecule has 0 saturated heterocycles. The van der Waals surface area contributed by atoms with Crippen LogP contribution in [0.15, 0.2) is 28.8 Å². The van der Waals surface area contributed by atoms with Gasteiger partial charge in [0.25, 0.3) is 0 Å². The summed E-state index contributed by atoms with van der Waals surface area (Å²) < 4.78 is 18.6. The number of carbonyl (C=O) groups excluding carboxylic acids is 1. The van der Waals surface area contributed by atoms with Crippen LogP contribution < -0.4 is 10.6 Å². The Labute approximate surface area is 118 Å². The van der Waals surface area contributed by atoms with E-state index in [1.165, 1.54) is 6.20 Å². The molecular formula is C13H12FN3O4. The van der Waals surface area contributed by atoms with Crippen molar-refractivity contribution in [1.29, 1.82) is 0 Å². The number of halogens is 1. The smallest absolute Gasteiger partial charge is 0.335 e. The van der Waals surface area contributed by atoms with Gasteiger partial charge in [-0.3, -0.25) is 0 Å². The lowest BCUT2D eigenvalue weighted by atomic mass is 10.2. The van der Waals surface area contributed by atoms with Gasteiger partial charge in [-0.1, -0.05) is 0 Å². The van der Waals surface area contributed by atoms with Crippen LogP contribution >= 0.6 is 0 Å². The topological polar surface area (TPSA) is 104 Å². The average Bonchev–Trinajstić information content (AvgIpc) is 2.84. The van der Waals surface area contributed by atoms with E-state index in [2.05, 4.69) is 15.6 Å². The van der Waals surface area contributed by atoms with Crippen molar-refractivity contribution in [3.63, 3.8) is 0 Å². The van der Waals surface area contributed by atoms with Gasteiger partial charge in [0.2, 0.25) is 5.89 Å². The Morgan fingerprint density at radius 1 is 1.43 bits per heavy atom. The quantitative estimate of drug-likeness (QED) is 0.801. The van der Waals surface area contributed by atoms with E-state index in [0.717, 1.165) is 18.2 Å². The van der Waals surface area contributed by atoms with Gasteiger partial charge in [0, 0.05) is 0 Å². The number of aromatic carboxylic acids is 1. The minimum atomic E-state index is -1.21. The zero-order valence-corrected chi connectivity index (χ0v) is 11.0. The average molecular weight is 293 g/mol. The Kier molecular flexibility index (Phi) is 4.17. The van der Waals surface area contributed by atoms with E-state index in [-0.39, 0.29) is 17.8 Å². The van der Waals surface area contributed by atoms with Crippen molar-refractivity contribution in [1.82, 2.24) is 10.3 Å². The summed E-state index contributed by atoms with van der Waals surface area (Å²) in [5.74, 6) is -1.04. The zero-order chi connectivity index (χ0) is 15.4. The van der Waals surface area contributed by atoms with E-state index in [9.17, 15) is 14.0 Å². The molecular weight excluding hydrogens is 281 g/mol. The van der Waals surface area contributed by atoms with E-state index in [0.29, 0.717) is 11.7 Å². The molecule has 1 heterocycles. The number of amides is 2. The van der Waals surface area contributed by atoms with Crippen LogP contribution in [0.2, 0.25) is 0 Å². The molecule has 7 nitrogen and oxygen atoms in total. The number of rotatable bonds is 4. The lowest BCUT2D eigenvalue weighted by Gasteiger charge is -2.08. The number of carbonyl (C=O) groups is 2. The van der Waals surface area contributed by atoms with Gasteiger partial charge in [-0.05, 0) is 25.1 Å². The highest BCUT2D eigenvalue weighted by atomic mass is 19.1. The molecule has 0 bridgehead atoms. The highest BCUT2D eigenvalue weighted by molar-refractivity contribution is 5.93. The molecule has 0 radical (unpaired) electrons. The molecule has 21 heavy (non-hydrogen) atoms. The van der Waals surface area contributed by atoms with E-state index in [4.69, 9.17) is 9.52 Å². The normalized spacial score (nSPS) is 10.2. The molecule has 0 saturated carbocycles. The van der Waals surface area contributed by atoms with Crippen LogP contribution in [0.5, 0.6) is 0 Å². The lowest BCUT2D eigenvalue weighted by Crippen LogP contribution is -2.28. The molecule has 0 aliphatic heterocycles. The summed E-state index contributed by atoms with van der Waals surface area (Å²) >= 11 is 0. The van der Waals surface area contributed by atoms with Gasteiger partial charge < -0.3 is 20.2 Å².